The molecule has 12 heteroatoms. The zero-order valence-electron chi connectivity index (χ0n) is 22.1. The lowest BCUT2D eigenvalue weighted by Crippen LogP contribution is -2.42. The van der Waals surface area contributed by atoms with Crippen LogP contribution < -0.4 is 10.2 Å². The third kappa shape index (κ3) is 4.64. The van der Waals surface area contributed by atoms with E-state index < -0.39 is 11.7 Å². The number of nitrogens with zero attached hydrogens (tertiary/aromatic N) is 6. The number of aromatic nitrogens is 4. The van der Waals surface area contributed by atoms with Gasteiger partial charge in [0, 0.05) is 75.5 Å². The normalized spacial score (nSPS) is 18.2. The van der Waals surface area contributed by atoms with Crippen molar-refractivity contribution in [3.05, 3.63) is 46.9 Å². The Bertz CT molecular complexity index is 1390. The van der Waals surface area contributed by atoms with Crippen LogP contribution in [0.25, 0.3) is 11.1 Å². The number of carbonyl (C=O) groups is 1. The summed E-state index contributed by atoms with van der Waals surface area (Å²) in [6.45, 7) is 2.77. The smallest absolute Gasteiger partial charge is 0.381 e. The highest BCUT2D eigenvalue weighted by Crippen LogP contribution is 2.45. The van der Waals surface area contributed by atoms with Gasteiger partial charge in [-0.3, -0.25) is 9.36 Å². The number of fused-ring (bicyclic) bond motifs is 2. The van der Waals surface area contributed by atoms with Crippen LogP contribution in [0.4, 0.5) is 29.5 Å². The number of carbonyl (C=O) groups excluding carboxylic acids is 1. The topological polar surface area (TPSA) is 80.5 Å². The summed E-state index contributed by atoms with van der Waals surface area (Å²) < 4.78 is 52.4. The first kappa shape index (κ1) is 25.7. The molecule has 0 unspecified atom stereocenters. The van der Waals surface area contributed by atoms with Crippen LogP contribution in [0, 0.1) is 0 Å². The van der Waals surface area contributed by atoms with Crippen molar-refractivity contribution in [3.63, 3.8) is 0 Å². The van der Waals surface area contributed by atoms with Crippen molar-refractivity contribution in [2.24, 2.45) is 7.05 Å². The molecule has 1 aromatic carbocycles. The fourth-order valence-corrected chi connectivity index (χ4v) is 6.09. The Hall–Kier alpha value is -3.54. The van der Waals surface area contributed by atoms with E-state index in [1.165, 1.54) is 16.9 Å². The van der Waals surface area contributed by atoms with E-state index in [4.69, 9.17) is 9.84 Å². The Labute approximate surface area is 224 Å². The Kier molecular flexibility index (Phi) is 6.52. The number of amides is 2. The first-order chi connectivity index (χ1) is 18.7. The molecule has 0 radical (unpaired) electrons. The molecule has 2 aromatic heterocycles. The Balaban J connectivity index is 1.48. The molecule has 208 valence electrons. The molecule has 0 saturated carbocycles. The Morgan fingerprint density at radius 3 is 2.64 bits per heavy atom. The second-order valence-corrected chi connectivity index (χ2v) is 10.4. The van der Waals surface area contributed by atoms with Crippen LogP contribution >= 0.6 is 0 Å². The van der Waals surface area contributed by atoms with Crippen molar-refractivity contribution < 1.29 is 22.7 Å². The fourth-order valence-electron chi connectivity index (χ4n) is 6.09. The Morgan fingerprint density at radius 1 is 1.15 bits per heavy atom. The molecule has 5 heterocycles. The van der Waals surface area contributed by atoms with Gasteiger partial charge < -0.3 is 19.9 Å². The molecule has 39 heavy (non-hydrogen) atoms. The lowest BCUT2D eigenvalue weighted by Gasteiger charge is -2.33. The third-order valence-electron chi connectivity index (χ3n) is 8.02. The number of nitrogens with one attached hydrogen (secondary N) is 1. The van der Waals surface area contributed by atoms with Gasteiger partial charge in [-0.1, -0.05) is 0 Å². The van der Waals surface area contributed by atoms with Crippen molar-refractivity contribution >= 4 is 17.5 Å². The number of anilines is 2. The van der Waals surface area contributed by atoms with Gasteiger partial charge in [0.2, 0.25) is 0 Å². The van der Waals surface area contributed by atoms with Crippen LogP contribution in [-0.4, -0.2) is 63.8 Å². The van der Waals surface area contributed by atoms with Gasteiger partial charge in [-0.15, -0.1) is 0 Å². The maximum atomic E-state index is 14.4. The van der Waals surface area contributed by atoms with Crippen LogP contribution in [-0.2, 0) is 37.3 Å². The van der Waals surface area contributed by atoms with E-state index in [2.05, 4.69) is 15.1 Å². The molecule has 0 bridgehead atoms. The Morgan fingerprint density at radius 2 is 1.95 bits per heavy atom. The monoisotopic (exact) mass is 543 g/mol. The first-order valence-electron chi connectivity index (χ1n) is 13.4. The van der Waals surface area contributed by atoms with Crippen LogP contribution in [0.15, 0.2) is 24.5 Å². The summed E-state index contributed by atoms with van der Waals surface area (Å²) in [6, 6.07) is 2.93. The minimum absolute atomic E-state index is 0.136. The summed E-state index contributed by atoms with van der Waals surface area (Å²) in [5.41, 5.74) is 3.23. The average Bonchev–Trinajstić information content (AvgIpc) is 3.55. The number of ether oxygens (including phenoxy) is 1. The number of benzene rings is 1. The van der Waals surface area contributed by atoms with E-state index in [1.807, 2.05) is 4.90 Å². The number of hydrogen-bond acceptors (Lipinski definition) is 5. The van der Waals surface area contributed by atoms with Crippen LogP contribution in [0.2, 0.25) is 0 Å². The SMILES string of the molecule is CNC(=O)N1CCc2c(c(N3CCCc4cc(-c5cnn(C)c5)c(C(F)(F)F)cc43)nn2C2CCOCC2)C1. The molecule has 1 N–H and O–H groups in total. The minimum Gasteiger partial charge on any atom is -0.381 e. The zero-order valence-corrected chi connectivity index (χ0v) is 22.1. The van der Waals surface area contributed by atoms with Gasteiger partial charge in [0.05, 0.1) is 24.3 Å². The average molecular weight is 544 g/mol. The molecule has 1 saturated heterocycles. The summed E-state index contributed by atoms with van der Waals surface area (Å²) in [4.78, 5) is 16.2. The van der Waals surface area contributed by atoms with Crippen molar-refractivity contribution in [1.82, 2.24) is 29.8 Å². The van der Waals surface area contributed by atoms with Crippen LogP contribution in [0.1, 0.15) is 47.7 Å². The second-order valence-electron chi connectivity index (χ2n) is 10.4. The van der Waals surface area contributed by atoms with Crippen molar-refractivity contribution in [2.45, 2.75) is 50.9 Å². The third-order valence-corrected chi connectivity index (χ3v) is 8.02. The van der Waals surface area contributed by atoms with E-state index in [0.717, 1.165) is 36.1 Å². The van der Waals surface area contributed by atoms with Gasteiger partial charge in [-0.25, -0.2) is 4.79 Å². The van der Waals surface area contributed by atoms with Gasteiger partial charge in [0.15, 0.2) is 5.82 Å². The fraction of sp³-hybridized carbons (Fsp3) is 0.519. The molecule has 6 rings (SSSR count). The lowest BCUT2D eigenvalue weighted by atomic mass is 9.92. The van der Waals surface area contributed by atoms with Gasteiger partial charge in [-0.05, 0) is 48.9 Å². The van der Waals surface area contributed by atoms with Gasteiger partial charge >= 0.3 is 12.2 Å². The van der Waals surface area contributed by atoms with E-state index in [1.54, 1.807) is 31.3 Å². The highest BCUT2D eigenvalue weighted by molar-refractivity contribution is 5.78. The number of aryl methyl sites for hydroxylation is 2. The number of urea groups is 1. The first-order valence-corrected chi connectivity index (χ1v) is 13.4. The highest BCUT2D eigenvalue weighted by atomic mass is 19.4. The maximum Gasteiger partial charge on any atom is 0.417 e. The number of rotatable bonds is 3. The minimum atomic E-state index is -4.54. The zero-order chi connectivity index (χ0) is 27.3. The van der Waals surface area contributed by atoms with Crippen molar-refractivity contribution in [2.75, 3.05) is 38.3 Å². The highest BCUT2D eigenvalue weighted by Gasteiger charge is 2.38. The molecule has 0 aliphatic carbocycles. The largest absolute Gasteiger partial charge is 0.417 e. The second kappa shape index (κ2) is 9.89. The predicted molar refractivity (Wildman–Crippen MR) is 139 cm³/mol. The molecule has 3 aromatic rings. The summed E-state index contributed by atoms with van der Waals surface area (Å²) in [5, 5.41) is 11.9. The van der Waals surface area contributed by atoms with Crippen molar-refractivity contribution in [1.29, 1.82) is 0 Å². The summed E-state index contributed by atoms with van der Waals surface area (Å²) in [5.74, 6) is 0.647. The van der Waals surface area contributed by atoms with Gasteiger partial charge in [0.25, 0.3) is 0 Å². The van der Waals surface area contributed by atoms with Crippen LogP contribution in [0.3, 0.4) is 0 Å². The maximum absolute atomic E-state index is 14.4. The molecular weight excluding hydrogens is 511 g/mol. The lowest BCUT2D eigenvalue weighted by molar-refractivity contribution is -0.137. The molecule has 9 nitrogen and oxygen atoms in total. The molecule has 3 aliphatic rings. The van der Waals surface area contributed by atoms with Crippen molar-refractivity contribution in [3.8, 4) is 11.1 Å². The molecule has 0 spiro atoms. The van der Waals surface area contributed by atoms with E-state index >= 15 is 0 Å². The molecule has 2 amide bonds. The summed E-state index contributed by atoms with van der Waals surface area (Å²) in [7, 11) is 3.29. The van der Waals surface area contributed by atoms with Gasteiger partial charge in [0.1, 0.15) is 0 Å². The number of alkyl halides is 3. The number of hydrogen-bond donors (Lipinski definition) is 1. The molecule has 1 fully saturated rings. The van der Waals surface area contributed by atoms with E-state index in [-0.39, 0.29) is 17.6 Å². The predicted octanol–water partition coefficient (Wildman–Crippen LogP) is 4.44. The van der Waals surface area contributed by atoms with E-state index in [0.29, 0.717) is 62.8 Å². The number of halogens is 3. The quantitative estimate of drug-likeness (QED) is 0.529. The molecule has 0 atom stereocenters. The molecule has 3 aliphatic heterocycles. The summed E-state index contributed by atoms with van der Waals surface area (Å²) >= 11 is 0. The summed E-state index contributed by atoms with van der Waals surface area (Å²) in [6.07, 6.45) is 2.29. The standard InChI is InChI=1S/C27H32F3N7O2/c1-31-26(38)35-9-5-23-21(16-35)25(33-37(23)19-6-10-39-11-7-19)36-8-3-4-17-12-20(18-14-32-34(2)15-18)22(13-24(17)36)27(28,29)30/h12-15,19H,3-11,16H2,1-2H3,(H,31,38). The van der Waals surface area contributed by atoms with E-state index in [9.17, 15) is 18.0 Å². The van der Waals surface area contributed by atoms with Gasteiger partial charge in [-0.2, -0.15) is 23.4 Å². The molecular formula is C27H32F3N7O2. The van der Waals surface area contributed by atoms with Crippen LogP contribution in [0.5, 0.6) is 0 Å².